The minimum absolute atomic E-state index is 0.131. The molecule has 0 radical (unpaired) electrons. The highest BCUT2D eigenvalue weighted by molar-refractivity contribution is 5.91. The standard InChI is InChI=1S/C17H25NO2/c1-11(2)17(12(3)4)15(16(19)20-6)18(17)14-9-7-8-13(5)10-14/h7-12,15H,1-6H3. The molecule has 1 aromatic rings. The number of hydrogen-bond donors (Lipinski definition) is 0. The molecule has 0 amide bonds. The van der Waals surface area contributed by atoms with Crippen molar-refractivity contribution >= 4 is 11.7 Å². The molecule has 20 heavy (non-hydrogen) atoms. The van der Waals surface area contributed by atoms with Crippen LogP contribution in [0.2, 0.25) is 0 Å². The van der Waals surface area contributed by atoms with Crippen LogP contribution in [0.5, 0.6) is 0 Å². The molecule has 0 spiro atoms. The number of nitrogens with zero attached hydrogens (tertiary/aromatic N) is 1. The van der Waals surface area contributed by atoms with E-state index in [2.05, 4.69) is 57.7 Å². The lowest BCUT2D eigenvalue weighted by Crippen LogP contribution is -2.34. The number of benzene rings is 1. The van der Waals surface area contributed by atoms with Crippen LogP contribution in [0.3, 0.4) is 0 Å². The summed E-state index contributed by atoms with van der Waals surface area (Å²) in [7, 11) is 1.47. The largest absolute Gasteiger partial charge is 0.467 e. The molecular formula is C17H25NO2. The highest BCUT2D eigenvalue weighted by atomic mass is 16.5. The molecule has 1 aliphatic heterocycles. The Labute approximate surface area is 121 Å². The van der Waals surface area contributed by atoms with Crippen LogP contribution in [0.25, 0.3) is 0 Å². The summed E-state index contributed by atoms with van der Waals surface area (Å²) in [5.74, 6) is 0.633. The second-order valence-electron chi connectivity index (χ2n) is 6.33. The van der Waals surface area contributed by atoms with Gasteiger partial charge in [-0.3, -0.25) is 0 Å². The minimum atomic E-state index is -0.172. The van der Waals surface area contributed by atoms with E-state index in [1.54, 1.807) is 0 Å². The smallest absolute Gasteiger partial charge is 0.331 e. The average molecular weight is 275 g/mol. The Morgan fingerprint density at radius 2 is 1.85 bits per heavy atom. The van der Waals surface area contributed by atoms with Crippen molar-refractivity contribution in [3.63, 3.8) is 0 Å². The van der Waals surface area contributed by atoms with Gasteiger partial charge in [-0.15, -0.1) is 0 Å². The van der Waals surface area contributed by atoms with Crippen molar-refractivity contribution in [3.8, 4) is 0 Å². The van der Waals surface area contributed by atoms with E-state index < -0.39 is 0 Å². The van der Waals surface area contributed by atoms with Gasteiger partial charge in [0.25, 0.3) is 0 Å². The fourth-order valence-corrected chi connectivity index (χ4v) is 3.73. The summed E-state index contributed by atoms with van der Waals surface area (Å²) in [6.07, 6.45) is 0. The number of esters is 1. The van der Waals surface area contributed by atoms with Gasteiger partial charge in [-0.2, -0.15) is 0 Å². The van der Waals surface area contributed by atoms with Crippen LogP contribution in [-0.2, 0) is 9.53 Å². The number of anilines is 1. The number of methoxy groups -OCH3 is 1. The Bertz CT molecular complexity index is 499. The summed E-state index contributed by atoms with van der Waals surface area (Å²) in [5.41, 5.74) is 2.18. The van der Waals surface area contributed by atoms with Crippen LogP contribution in [-0.4, -0.2) is 24.7 Å². The molecule has 1 heterocycles. The first kappa shape index (κ1) is 14.9. The van der Waals surface area contributed by atoms with Gasteiger partial charge in [0.1, 0.15) is 0 Å². The molecule has 1 fully saturated rings. The Morgan fingerprint density at radius 3 is 2.30 bits per heavy atom. The van der Waals surface area contributed by atoms with Gasteiger partial charge < -0.3 is 9.64 Å². The topological polar surface area (TPSA) is 29.3 Å². The van der Waals surface area contributed by atoms with Crippen molar-refractivity contribution < 1.29 is 9.53 Å². The van der Waals surface area contributed by atoms with Crippen molar-refractivity contribution in [2.24, 2.45) is 11.8 Å². The maximum atomic E-state index is 12.2. The molecule has 1 atom stereocenters. The summed E-state index contributed by atoms with van der Waals surface area (Å²) in [6, 6.07) is 8.17. The fraction of sp³-hybridized carbons (Fsp3) is 0.588. The number of aryl methyl sites for hydroxylation is 1. The van der Waals surface area contributed by atoms with Gasteiger partial charge in [-0.25, -0.2) is 4.79 Å². The monoisotopic (exact) mass is 275 g/mol. The number of carbonyl (C=O) groups excluding carboxylic acids is 1. The van der Waals surface area contributed by atoms with Crippen LogP contribution in [0.1, 0.15) is 33.3 Å². The normalized spacial score (nSPS) is 20.4. The quantitative estimate of drug-likeness (QED) is 0.623. The zero-order valence-corrected chi connectivity index (χ0v) is 13.3. The molecule has 0 N–H and O–H groups in total. The molecule has 0 bridgehead atoms. The zero-order valence-electron chi connectivity index (χ0n) is 13.3. The van der Waals surface area contributed by atoms with E-state index in [1.165, 1.54) is 12.7 Å². The van der Waals surface area contributed by atoms with E-state index in [4.69, 9.17) is 4.74 Å². The van der Waals surface area contributed by atoms with Crippen molar-refractivity contribution in [1.82, 2.24) is 0 Å². The van der Waals surface area contributed by atoms with Crippen LogP contribution in [0.4, 0.5) is 5.69 Å². The molecular weight excluding hydrogens is 250 g/mol. The molecule has 1 aromatic carbocycles. The van der Waals surface area contributed by atoms with Gasteiger partial charge in [0.15, 0.2) is 6.04 Å². The van der Waals surface area contributed by atoms with Crippen molar-refractivity contribution in [1.29, 1.82) is 0 Å². The van der Waals surface area contributed by atoms with E-state index in [0.717, 1.165) is 5.69 Å². The third-order valence-electron chi connectivity index (χ3n) is 4.60. The summed E-state index contributed by atoms with van der Waals surface area (Å²) < 4.78 is 5.03. The van der Waals surface area contributed by atoms with Crippen molar-refractivity contribution in [2.45, 2.75) is 46.2 Å². The molecule has 1 unspecified atom stereocenters. The lowest BCUT2D eigenvalue weighted by atomic mass is 9.81. The molecule has 0 aromatic heterocycles. The first-order valence-electron chi connectivity index (χ1n) is 7.31. The Kier molecular flexibility index (Phi) is 3.81. The summed E-state index contributed by atoms with van der Waals surface area (Å²) in [4.78, 5) is 14.4. The minimum Gasteiger partial charge on any atom is -0.467 e. The molecule has 110 valence electrons. The fourth-order valence-electron chi connectivity index (χ4n) is 3.73. The predicted octanol–water partition coefficient (Wildman–Crippen LogP) is 3.41. The maximum absolute atomic E-state index is 12.2. The molecule has 2 rings (SSSR count). The van der Waals surface area contributed by atoms with Crippen molar-refractivity contribution in [2.75, 3.05) is 12.0 Å². The second-order valence-corrected chi connectivity index (χ2v) is 6.33. The van der Waals surface area contributed by atoms with Crippen molar-refractivity contribution in [3.05, 3.63) is 29.8 Å². The lowest BCUT2D eigenvalue weighted by molar-refractivity contribution is -0.140. The third kappa shape index (κ3) is 2.00. The number of ether oxygens (including phenoxy) is 1. The number of rotatable bonds is 4. The summed E-state index contributed by atoms with van der Waals surface area (Å²) >= 11 is 0. The van der Waals surface area contributed by atoms with E-state index >= 15 is 0 Å². The van der Waals surface area contributed by atoms with Gasteiger partial charge in [-0.1, -0.05) is 39.8 Å². The molecule has 3 nitrogen and oxygen atoms in total. The number of hydrogen-bond acceptors (Lipinski definition) is 3. The van der Waals surface area contributed by atoms with E-state index in [-0.39, 0.29) is 17.6 Å². The van der Waals surface area contributed by atoms with Gasteiger partial charge in [0, 0.05) is 5.69 Å². The first-order valence-corrected chi connectivity index (χ1v) is 7.31. The molecule has 1 aliphatic rings. The molecule has 1 saturated heterocycles. The Hall–Kier alpha value is -1.51. The molecule has 3 heteroatoms. The highest BCUT2D eigenvalue weighted by Gasteiger charge is 2.69. The van der Waals surface area contributed by atoms with Crippen LogP contribution in [0.15, 0.2) is 24.3 Å². The summed E-state index contributed by atoms with van der Waals surface area (Å²) in [6.45, 7) is 10.8. The van der Waals surface area contributed by atoms with E-state index in [9.17, 15) is 4.79 Å². The first-order chi connectivity index (χ1) is 9.37. The zero-order chi connectivity index (χ0) is 15.1. The maximum Gasteiger partial charge on any atom is 0.331 e. The molecule has 0 aliphatic carbocycles. The third-order valence-corrected chi connectivity index (χ3v) is 4.60. The van der Waals surface area contributed by atoms with Crippen LogP contribution >= 0.6 is 0 Å². The van der Waals surface area contributed by atoms with E-state index in [1.807, 2.05) is 6.07 Å². The van der Waals surface area contributed by atoms with Gasteiger partial charge in [0.05, 0.1) is 12.6 Å². The summed E-state index contributed by atoms with van der Waals surface area (Å²) in [5, 5.41) is 0. The SMILES string of the molecule is COC(=O)C1N(c2cccc(C)c2)C1(C(C)C)C(C)C. The van der Waals surface area contributed by atoms with Gasteiger partial charge >= 0.3 is 5.97 Å². The average Bonchev–Trinajstić information content (AvgIpc) is 3.09. The predicted molar refractivity (Wildman–Crippen MR) is 81.9 cm³/mol. The highest BCUT2D eigenvalue weighted by Crippen LogP contribution is 2.55. The molecule has 0 saturated carbocycles. The van der Waals surface area contributed by atoms with Crippen LogP contribution < -0.4 is 4.90 Å². The van der Waals surface area contributed by atoms with Crippen LogP contribution in [0, 0.1) is 18.8 Å². The lowest BCUT2D eigenvalue weighted by Gasteiger charge is -2.26. The van der Waals surface area contributed by atoms with E-state index in [0.29, 0.717) is 11.8 Å². The van der Waals surface area contributed by atoms with Gasteiger partial charge in [-0.05, 0) is 36.5 Å². The second kappa shape index (κ2) is 5.12. The Balaban J connectivity index is 2.47. The van der Waals surface area contributed by atoms with Gasteiger partial charge in [0.2, 0.25) is 0 Å². The Morgan fingerprint density at radius 1 is 1.25 bits per heavy atom. The number of carbonyl (C=O) groups is 1.